The average molecular weight is 680 g/mol. The topological polar surface area (TPSA) is 169 Å². The second-order valence-corrected chi connectivity index (χ2v) is 14.5. The van der Waals surface area contributed by atoms with Crippen LogP contribution in [0.4, 0.5) is 10.5 Å². The number of anilines is 1. The number of rotatable bonds is 11. The molecule has 2 aromatic heterocycles. The first kappa shape index (κ1) is 32.5. The van der Waals surface area contributed by atoms with Crippen LogP contribution in [-0.2, 0) is 30.8 Å². The van der Waals surface area contributed by atoms with Gasteiger partial charge in [-0.05, 0) is 49.6 Å². The predicted molar refractivity (Wildman–Crippen MR) is 173 cm³/mol. The number of piperidine rings is 1. The Hall–Kier alpha value is -4.40. The second-order valence-electron chi connectivity index (χ2n) is 11.3. The molecule has 16 heteroatoms. The number of aryl methyl sites for hydroxylation is 1. The highest BCUT2D eigenvalue weighted by Crippen LogP contribution is 2.37. The monoisotopic (exact) mass is 679 g/mol. The lowest BCUT2D eigenvalue weighted by molar-refractivity contribution is 0.0407. The number of methoxy groups -OCH3 is 2. The molecule has 2 atom stereocenters. The Morgan fingerprint density at radius 3 is 2.62 bits per heavy atom. The Labute approximate surface area is 275 Å². The average Bonchev–Trinajstić information content (AvgIpc) is 3.71. The molecule has 0 bridgehead atoms. The van der Waals surface area contributed by atoms with Crippen molar-refractivity contribution in [2.24, 2.45) is 0 Å². The quantitative estimate of drug-likeness (QED) is 0.231. The molecule has 4 heterocycles. The van der Waals surface area contributed by atoms with Crippen molar-refractivity contribution < 1.29 is 27.4 Å². The number of hydrogen-bond acceptors (Lipinski definition) is 12. The molecule has 2 fully saturated rings. The van der Waals surface area contributed by atoms with Crippen LogP contribution in [0.5, 0.6) is 0 Å². The van der Waals surface area contributed by atoms with Gasteiger partial charge in [-0.25, -0.2) is 23.2 Å². The fourth-order valence-electron chi connectivity index (χ4n) is 5.87. The van der Waals surface area contributed by atoms with Crippen LogP contribution in [-0.4, -0.2) is 91.2 Å². The number of thiazole rings is 1. The number of carbonyl (C=O) groups excluding carboxylic acids is 1. The van der Waals surface area contributed by atoms with Crippen molar-refractivity contribution in [3.8, 4) is 16.6 Å². The van der Waals surface area contributed by atoms with E-state index in [0.29, 0.717) is 64.5 Å². The van der Waals surface area contributed by atoms with Gasteiger partial charge in [-0.2, -0.15) is 5.26 Å². The lowest BCUT2D eigenvalue weighted by Crippen LogP contribution is -2.45. The predicted octanol–water partition coefficient (Wildman–Crippen LogP) is 3.34. The van der Waals surface area contributed by atoms with E-state index in [2.05, 4.69) is 16.4 Å². The minimum Gasteiger partial charge on any atom is -0.447 e. The van der Waals surface area contributed by atoms with Crippen molar-refractivity contribution >= 4 is 44.0 Å². The number of ether oxygens (including phenoxy) is 3. The number of benzene rings is 2. The summed E-state index contributed by atoms with van der Waals surface area (Å²) in [7, 11) is -1.19. The summed E-state index contributed by atoms with van der Waals surface area (Å²) in [6, 6.07) is 12.5. The van der Waals surface area contributed by atoms with E-state index < -0.39 is 10.0 Å². The zero-order valence-corrected chi connectivity index (χ0v) is 27.6. The number of amides is 1. The summed E-state index contributed by atoms with van der Waals surface area (Å²) < 4.78 is 44.9. The molecule has 0 saturated carbocycles. The molecule has 2 aliphatic heterocycles. The molecule has 4 aromatic rings. The summed E-state index contributed by atoms with van der Waals surface area (Å²) >= 11 is 0.991. The Kier molecular flexibility index (Phi) is 9.26. The van der Waals surface area contributed by atoms with Gasteiger partial charge in [-0.3, -0.25) is 9.36 Å². The van der Waals surface area contributed by atoms with E-state index in [1.807, 2.05) is 12.1 Å². The number of hydrogen-bond donors (Lipinski definition) is 1. The normalized spacial score (nSPS) is 17.9. The lowest BCUT2D eigenvalue weighted by atomic mass is 9.97. The molecule has 2 aromatic carbocycles. The minimum atomic E-state index is -3.98. The van der Waals surface area contributed by atoms with Gasteiger partial charge >= 0.3 is 6.09 Å². The van der Waals surface area contributed by atoms with E-state index in [4.69, 9.17) is 24.5 Å². The molecule has 0 spiro atoms. The van der Waals surface area contributed by atoms with E-state index in [-0.39, 0.29) is 48.0 Å². The van der Waals surface area contributed by atoms with Crippen LogP contribution in [0, 0.1) is 18.3 Å². The first-order valence-electron chi connectivity index (χ1n) is 14.8. The first-order valence-corrected chi connectivity index (χ1v) is 17.1. The molecule has 6 rings (SSSR count). The lowest BCUT2D eigenvalue weighted by Gasteiger charge is -2.33. The molecule has 0 radical (unpaired) electrons. The van der Waals surface area contributed by atoms with Crippen LogP contribution < -0.4 is 10.9 Å². The van der Waals surface area contributed by atoms with Gasteiger partial charge in [-0.1, -0.05) is 12.1 Å². The highest BCUT2D eigenvalue weighted by molar-refractivity contribution is 7.91. The Morgan fingerprint density at radius 1 is 1.17 bits per heavy atom. The van der Waals surface area contributed by atoms with Crippen molar-refractivity contribution in [1.82, 2.24) is 23.7 Å². The van der Waals surface area contributed by atoms with Gasteiger partial charge in [0, 0.05) is 38.1 Å². The molecule has 14 nitrogen and oxygen atoms in total. The molecule has 2 saturated heterocycles. The highest BCUT2D eigenvalue weighted by atomic mass is 32.2. The molecule has 1 amide bonds. The number of cyclic esters (lactones) is 1. The minimum absolute atomic E-state index is 0.00421. The van der Waals surface area contributed by atoms with Crippen molar-refractivity contribution in [3.05, 3.63) is 69.9 Å². The van der Waals surface area contributed by atoms with Crippen molar-refractivity contribution in [2.75, 3.05) is 46.1 Å². The van der Waals surface area contributed by atoms with Crippen molar-refractivity contribution in [1.29, 1.82) is 5.26 Å². The fourth-order valence-corrected chi connectivity index (χ4v) is 8.46. The zero-order chi connectivity index (χ0) is 33.3. The smallest absolute Gasteiger partial charge is 0.410 e. The van der Waals surface area contributed by atoms with Crippen LogP contribution in [0.1, 0.15) is 29.8 Å². The van der Waals surface area contributed by atoms with Crippen LogP contribution in [0.3, 0.4) is 0 Å². The molecular weight excluding hydrogens is 647 g/mol. The van der Waals surface area contributed by atoms with E-state index in [1.165, 1.54) is 20.4 Å². The number of nitrogens with zero attached hydrogens (tertiary/aromatic N) is 6. The van der Waals surface area contributed by atoms with Gasteiger partial charge in [0.25, 0.3) is 15.6 Å². The van der Waals surface area contributed by atoms with Gasteiger partial charge < -0.3 is 24.4 Å². The summed E-state index contributed by atoms with van der Waals surface area (Å²) in [5, 5.41) is 13.5. The molecule has 1 N–H and O–H groups in total. The summed E-state index contributed by atoms with van der Waals surface area (Å²) in [5.74, 6) is 0.494. The first-order chi connectivity index (χ1) is 22.6. The van der Waals surface area contributed by atoms with Crippen LogP contribution in [0.25, 0.3) is 21.5 Å². The maximum atomic E-state index is 13.9. The van der Waals surface area contributed by atoms with Crippen molar-refractivity contribution in [2.45, 2.75) is 42.6 Å². The second kappa shape index (κ2) is 13.4. The fraction of sp³-hybridized carbons (Fsp3) is 0.387. The van der Waals surface area contributed by atoms with Crippen LogP contribution in [0.2, 0.25) is 0 Å². The third kappa shape index (κ3) is 6.45. The maximum absolute atomic E-state index is 13.9. The van der Waals surface area contributed by atoms with E-state index >= 15 is 0 Å². The summed E-state index contributed by atoms with van der Waals surface area (Å²) in [5.41, 5.74) is 2.75. The van der Waals surface area contributed by atoms with Gasteiger partial charge in [0.15, 0.2) is 4.21 Å². The molecule has 0 aliphatic carbocycles. The van der Waals surface area contributed by atoms with Gasteiger partial charge in [0.05, 0.1) is 41.3 Å². The number of carbonyl (C=O) groups is 1. The Bertz CT molecular complexity index is 2020. The molecule has 0 unspecified atom stereocenters. The molecule has 2 aliphatic rings. The molecule has 246 valence electrons. The van der Waals surface area contributed by atoms with Gasteiger partial charge in [0.1, 0.15) is 30.9 Å². The van der Waals surface area contributed by atoms with Crippen LogP contribution in [0.15, 0.2) is 51.6 Å². The third-order valence-corrected chi connectivity index (χ3v) is 11.5. The zero-order valence-electron chi connectivity index (χ0n) is 26.0. The van der Waals surface area contributed by atoms with Gasteiger partial charge in [-0.15, -0.1) is 15.6 Å². The largest absolute Gasteiger partial charge is 0.447 e. The maximum Gasteiger partial charge on any atom is 0.410 e. The van der Waals surface area contributed by atoms with Crippen LogP contribution >= 0.6 is 11.3 Å². The third-order valence-electron chi connectivity index (χ3n) is 8.27. The number of nitriles is 1. The van der Waals surface area contributed by atoms with E-state index in [9.17, 15) is 18.0 Å². The Morgan fingerprint density at radius 2 is 1.91 bits per heavy atom. The summed E-state index contributed by atoms with van der Waals surface area (Å²) in [6.07, 6.45) is 2.28. The number of nitrogens with one attached hydrogen (secondary N) is 1. The van der Waals surface area contributed by atoms with E-state index in [0.717, 1.165) is 21.2 Å². The number of aromatic nitrogens is 3. The van der Waals surface area contributed by atoms with Crippen molar-refractivity contribution in [3.63, 3.8) is 0 Å². The SMILES string of the molecule is COCN(COC)S(=O)(=O)c1cnc(-c2cc3nc(C)n(Cc4ccc(C#N)cc4)c(=O)c3cc2N[C@H]2CCN3C(=O)OC[C@@H]3C2)s1. The summed E-state index contributed by atoms with van der Waals surface area (Å²) in [6.45, 7) is 2.47. The number of sulfonamides is 1. The van der Waals surface area contributed by atoms with E-state index in [1.54, 1.807) is 40.7 Å². The van der Waals surface area contributed by atoms with Gasteiger partial charge in [0.2, 0.25) is 0 Å². The highest BCUT2D eigenvalue weighted by Gasteiger charge is 2.38. The Balaban J connectivity index is 1.41. The summed E-state index contributed by atoms with van der Waals surface area (Å²) in [4.78, 5) is 37.0. The molecule has 47 heavy (non-hydrogen) atoms. The molecular formula is C31H33N7O7S2. The standard InChI is InChI=1S/C31H33N7O7S2/c1-19-34-27-11-24(29-33-14-28(46-29)47(41,42)36(17-43-2)18-44-3)26(35-22-8-9-37-23(10-22)16-45-31(37)40)12-25(27)30(39)38(19)15-21-6-4-20(13-32)5-7-21/h4-7,11-12,14,22-23,35H,8-10,15-18H2,1-3H3/t22-,23-/m0/s1. The number of fused-ring (bicyclic) bond motifs is 2.